The molecule has 5 nitrogen and oxygen atoms in total. The van der Waals surface area contributed by atoms with Gasteiger partial charge in [0.25, 0.3) is 5.91 Å². The molecule has 1 rings (SSSR count). The largest absolute Gasteiger partial charge is 0.478 e. The Bertz CT molecular complexity index is 458. The van der Waals surface area contributed by atoms with Crippen molar-refractivity contribution in [2.75, 3.05) is 12.4 Å². The van der Waals surface area contributed by atoms with Crippen LogP contribution in [0.4, 0.5) is 5.69 Å². The molecule has 0 bridgehead atoms. The maximum absolute atomic E-state index is 11.7. The van der Waals surface area contributed by atoms with E-state index in [-0.39, 0.29) is 17.5 Å². The Labute approximate surface area is 106 Å². The van der Waals surface area contributed by atoms with Crippen molar-refractivity contribution in [1.29, 1.82) is 0 Å². The normalized spacial score (nSPS) is 11.7. The minimum absolute atomic E-state index is 0.161. The molecule has 0 saturated heterocycles. The standard InChI is InChI=1S/C13H18N2O3/c1-4-8(2)15-11-7-9(13(17)18)5-6-10(11)12(16)14-3/h5-8,15H,4H2,1-3H3,(H,14,16)(H,17,18)/t8-/m1/s1. The van der Waals surface area contributed by atoms with Gasteiger partial charge in [0, 0.05) is 18.8 Å². The lowest BCUT2D eigenvalue weighted by molar-refractivity contribution is 0.0696. The molecule has 1 aromatic carbocycles. The second kappa shape index (κ2) is 6.05. The number of rotatable bonds is 5. The van der Waals surface area contributed by atoms with Crippen molar-refractivity contribution in [3.63, 3.8) is 0 Å². The van der Waals surface area contributed by atoms with Gasteiger partial charge in [-0.2, -0.15) is 0 Å². The molecule has 0 aliphatic carbocycles. The van der Waals surface area contributed by atoms with E-state index in [0.29, 0.717) is 11.3 Å². The zero-order valence-corrected chi connectivity index (χ0v) is 10.8. The van der Waals surface area contributed by atoms with Crippen LogP contribution in [0.1, 0.15) is 41.0 Å². The van der Waals surface area contributed by atoms with E-state index < -0.39 is 5.97 Å². The second-order valence-electron chi connectivity index (χ2n) is 4.10. The van der Waals surface area contributed by atoms with Gasteiger partial charge in [0.15, 0.2) is 0 Å². The summed E-state index contributed by atoms with van der Waals surface area (Å²) in [5.74, 6) is -1.25. The highest BCUT2D eigenvalue weighted by molar-refractivity contribution is 6.01. The summed E-state index contributed by atoms with van der Waals surface area (Å²) < 4.78 is 0. The highest BCUT2D eigenvalue weighted by Crippen LogP contribution is 2.19. The minimum Gasteiger partial charge on any atom is -0.478 e. The third-order valence-corrected chi connectivity index (χ3v) is 2.75. The lowest BCUT2D eigenvalue weighted by Crippen LogP contribution is -2.22. The van der Waals surface area contributed by atoms with Crippen LogP contribution in [-0.2, 0) is 0 Å². The van der Waals surface area contributed by atoms with Gasteiger partial charge >= 0.3 is 5.97 Å². The first kappa shape index (κ1) is 14.0. The van der Waals surface area contributed by atoms with Gasteiger partial charge in [0.1, 0.15) is 0 Å². The van der Waals surface area contributed by atoms with Crippen molar-refractivity contribution in [2.45, 2.75) is 26.3 Å². The number of carbonyl (C=O) groups excluding carboxylic acids is 1. The number of amides is 1. The van der Waals surface area contributed by atoms with Crippen LogP contribution >= 0.6 is 0 Å². The van der Waals surface area contributed by atoms with E-state index in [0.717, 1.165) is 6.42 Å². The molecule has 5 heteroatoms. The number of anilines is 1. The van der Waals surface area contributed by atoms with Gasteiger partial charge in [0.05, 0.1) is 11.1 Å². The highest BCUT2D eigenvalue weighted by Gasteiger charge is 2.14. The number of hydrogen-bond donors (Lipinski definition) is 3. The van der Waals surface area contributed by atoms with Crippen molar-refractivity contribution in [3.05, 3.63) is 29.3 Å². The average molecular weight is 250 g/mol. The summed E-state index contributed by atoms with van der Waals surface area (Å²) in [7, 11) is 1.54. The summed E-state index contributed by atoms with van der Waals surface area (Å²) in [6.07, 6.45) is 0.879. The molecule has 98 valence electrons. The van der Waals surface area contributed by atoms with Crippen LogP contribution in [0.25, 0.3) is 0 Å². The number of carboxylic acid groups (broad SMARTS) is 1. The maximum atomic E-state index is 11.7. The molecule has 1 aromatic rings. The smallest absolute Gasteiger partial charge is 0.335 e. The molecule has 0 fully saturated rings. The number of carbonyl (C=O) groups is 2. The van der Waals surface area contributed by atoms with E-state index in [1.54, 1.807) is 7.05 Å². The Kier molecular flexibility index (Phi) is 4.71. The second-order valence-corrected chi connectivity index (χ2v) is 4.10. The topological polar surface area (TPSA) is 78.4 Å². The highest BCUT2D eigenvalue weighted by atomic mass is 16.4. The summed E-state index contributed by atoms with van der Waals surface area (Å²) in [5, 5.41) is 14.6. The zero-order valence-electron chi connectivity index (χ0n) is 10.8. The van der Waals surface area contributed by atoms with Gasteiger partial charge < -0.3 is 15.7 Å². The number of benzene rings is 1. The van der Waals surface area contributed by atoms with E-state index in [9.17, 15) is 9.59 Å². The van der Waals surface area contributed by atoms with Crippen LogP contribution in [0.15, 0.2) is 18.2 Å². The van der Waals surface area contributed by atoms with Crippen molar-refractivity contribution in [2.24, 2.45) is 0 Å². The first-order valence-corrected chi connectivity index (χ1v) is 5.85. The Hall–Kier alpha value is -2.04. The third kappa shape index (κ3) is 3.23. The molecule has 0 aliphatic heterocycles. The van der Waals surface area contributed by atoms with Crippen LogP contribution < -0.4 is 10.6 Å². The minimum atomic E-state index is -1.01. The van der Waals surface area contributed by atoms with Crippen molar-refractivity contribution >= 4 is 17.6 Å². The number of nitrogens with one attached hydrogen (secondary N) is 2. The molecule has 0 aromatic heterocycles. The van der Waals surface area contributed by atoms with Crippen LogP contribution in [0.2, 0.25) is 0 Å². The van der Waals surface area contributed by atoms with E-state index in [1.807, 2.05) is 13.8 Å². The van der Waals surface area contributed by atoms with Gasteiger partial charge in [-0.25, -0.2) is 4.79 Å². The first-order chi connectivity index (χ1) is 8.49. The number of carboxylic acids is 1. The van der Waals surface area contributed by atoms with Crippen LogP contribution in [0.3, 0.4) is 0 Å². The summed E-state index contributed by atoms with van der Waals surface area (Å²) >= 11 is 0. The Morgan fingerprint density at radius 1 is 1.39 bits per heavy atom. The van der Waals surface area contributed by atoms with Crippen molar-refractivity contribution in [3.8, 4) is 0 Å². The van der Waals surface area contributed by atoms with Gasteiger partial charge in [0.2, 0.25) is 0 Å². The molecule has 0 aliphatic rings. The number of aromatic carboxylic acids is 1. The molecular formula is C13H18N2O3. The van der Waals surface area contributed by atoms with Gasteiger partial charge in [-0.1, -0.05) is 6.92 Å². The molecule has 0 heterocycles. The summed E-state index contributed by atoms with van der Waals surface area (Å²) in [6.45, 7) is 3.99. The SMILES string of the molecule is CC[C@@H](C)Nc1cc(C(=O)O)ccc1C(=O)NC. The van der Waals surface area contributed by atoms with Crippen molar-refractivity contribution in [1.82, 2.24) is 5.32 Å². The molecule has 1 amide bonds. The van der Waals surface area contributed by atoms with Crippen LogP contribution in [0, 0.1) is 0 Å². The van der Waals surface area contributed by atoms with E-state index in [2.05, 4.69) is 10.6 Å². The average Bonchev–Trinajstić information content (AvgIpc) is 2.37. The molecule has 1 atom stereocenters. The molecule has 18 heavy (non-hydrogen) atoms. The predicted octanol–water partition coefficient (Wildman–Crippen LogP) is 1.95. The lowest BCUT2D eigenvalue weighted by atomic mass is 10.1. The fourth-order valence-corrected chi connectivity index (χ4v) is 1.50. The zero-order chi connectivity index (χ0) is 13.7. The third-order valence-electron chi connectivity index (χ3n) is 2.75. The van der Waals surface area contributed by atoms with Crippen LogP contribution in [-0.4, -0.2) is 30.1 Å². The number of hydrogen-bond acceptors (Lipinski definition) is 3. The maximum Gasteiger partial charge on any atom is 0.335 e. The Morgan fingerprint density at radius 2 is 2.06 bits per heavy atom. The van der Waals surface area contributed by atoms with Crippen LogP contribution in [0.5, 0.6) is 0 Å². The van der Waals surface area contributed by atoms with E-state index in [1.165, 1.54) is 18.2 Å². The Balaban J connectivity index is 3.17. The summed E-state index contributed by atoms with van der Waals surface area (Å²) in [5.41, 5.74) is 1.15. The van der Waals surface area contributed by atoms with E-state index >= 15 is 0 Å². The van der Waals surface area contributed by atoms with Crippen molar-refractivity contribution < 1.29 is 14.7 Å². The monoisotopic (exact) mass is 250 g/mol. The van der Waals surface area contributed by atoms with Gasteiger partial charge in [-0.15, -0.1) is 0 Å². The summed E-state index contributed by atoms with van der Waals surface area (Å²) in [6, 6.07) is 4.60. The fraction of sp³-hybridized carbons (Fsp3) is 0.385. The van der Waals surface area contributed by atoms with Gasteiger partial charge in [-0.3, -0.25) is 4.79 Å². The Morgan fingerprint density at radius 3 is 2.56 bits per heavy atom. The van der Waals surface area contributed by atoms with Gasteiger partial charge in [-0.05, 0) is 31.5 Å². The quantitative estimate of drug-likeness (QED) is 0.746. The van der Waals surface area contributed by atoms with E-state index in [4.69, 9.17) is 5.11 Å². The lowest BCUT2D eigenvalue weighted by Gasteiger charge is -2.16. The fourth-order valence-electron chi connectivity index (χ4n) is 1.50. The molecule has 3 N–H and O–H groups in total. The summed E-state index contributed by atoms with van der Waals surface area (Å²) in [4.78, 5) is 22.6. The molecule has 0 spiro atoms. The molecular weight excluding hydrogens is 232 g/mol. The molecule has 0 saturated carbocycles. The molecule has 0 radical (unpaired) electrons. The predicted molar refractivity (Wildman–Crippen MR) is 70.2 cm³/mol. The molecule has 0 unspecified atom stereocenters. The first-order valence-electron chi connectivity index (χ1n) is 5.85.